The van der Waals surface area contributed by atoms with Crippen molar-refractivity contribution in [3.63, 3.8) is 0 Å². The highest BCUT2D eigenvalue weighted by molar-refractivity contribution is 7.80. The third kappa shape index (κ3) is 39.2. The van der Waals surface area contributed by atoms with Crippen LogP contribution < -0.4 is 0 Å². The van der Waals surface area contributed by atoms with Gasteiger partial charge in [0.25, 0.3) is 0 Å². The van der Waals surface area contributed by atoms with Gasteiger partial charge in [0, 0.05) is 13.0 Å². The van der Waals surface area contributed by atoms with E-state index in [0.29, 0.717) is 13.0 Å². The highest BCUT2D eigenvalue weighted by Gasteiger charge is 2.48. The van der Waals surface area contributed by atoms with E-state index in [-0.39, 0.29) is 19.6 Å². The van der Waals surface area contributed by atoms with Crippen molar-refractivity contribution in [2.75, 3.05) is 26.4 Å². The number of ether oxygens (including phenoxy) is 4. The Bertz CT molecular complexity index is 1220. The molecular formula is C54H104O12S. The van der Waals surface area contributed by atoms with Crippen molar-refractivity contribution in [2.45, 2.75) is 301 Å². The maximum Gasteiger partial charge on any atom is 0.397 e. The minimum atomic E-state index is -5.06. The van der Waals surface area contributed by atoms with E-state index in [1.54, 1.807) is 0 Å². The molecule has 0 bridgehead atoms. The Hall–Kier alpha value is -1.16. The van der Waals surface area contributed by atoms with Crippen molar-refractivity contribution in [3.8, 4) is 0 Å². The van der Waals surface area contributed by atoms with Crippen LogP contribution >= 0.6 is 0 Å². The van der Waals surface area contributed by atoms with Crippen molar-refractivity contribution in [2.24, 2.45) is 0 Å². The highest BCUT2D eigenvalue weighted by Crippen LogP contribution is 2.26. The number of carbonyl (C=O) groups is 1. The summed E-state index contributed by atoms with van der Waals surface area (Å²) in [4.78, 5) is 12.9. The molecule has 0 spiro atoms. The number of unbranched alkanes of at least 4 members (excludes halogenated alkanes) is 35. The second-order valence-electron chi connectivity index (χ2n) is 19.5. The van der Waals surface area contributed by atoms with E-state index in [0.717, 1.165) is 44.9 Å². The minimum absolute atomic E-state index is 0.0408. The zero-order valence-corrected chi connectivity index (χ0v) is 43.8. The largest absolute Gasteiger partial charge is 0.457 e. The van der Waals surface area contributed by atoms with Crippen LogP contribution in [-0.2, 0) is 38.3 Å². The number of aliphatic hydroxyl groups excluding tert-OH is 3. The third-order valence-electron chi connectivity index (χ3n) is 13.1. The first-order valence-electron chi connectivity index (χ1n) is 27.9. The van der Waals surface area contributed by atoms with Crippen LogP contribution in [0.5, 0.6) is 0 Å². The lowest BCUT2D eigenvalue weighted by atomic mass is 9.99. The van der Waals surface area contributed by atoms with Crippen LogP contribution in [0.2, 0.25) is 0 Å². The van der Waals surface area contributed by atoms with Gasteiger partial charge in [0.2, 0.25) is 0 Å². The standard InChI is InChI=1S/C54H104O12S/c1-3-5-7-9-11-13-15-17-19-21-22-23-24-25-26-28-30-32-34-36-38-40-42-44-62-46-48(47-63-54-52(58)53(66-67(59,60)61)51(57)49(45-55)65-54)64-50(56)43-41-39-37-35-33-31-29-27-20-18-16-14-12-10-8-6-4-2/h18,20,48-49,51-55,57-58H,3-17,19,21-47H2,1-2H3,(H,59,60,61)/b20-18-. The first-order chi connectivity index (χ1) is 32.6. The summed E-state index contributed by atoms with van der Waals surface area (Å²) < 4.78 is 59.4. The predicted octanol–water partition coefficient (Wildman–Crippen LogP) is 13.4. The molecule has 1 rings (SSSR count). The van der Waals surface area contributed by atoms with Gasteiger partial charge in [-0.25, -0.2) is 4.18 Å². The molecule has 1 fully saturated rings. The molecule has 1 aliphatic rings. The molecule has 1 aliphatic heterocycles. The van der Waals surface area contributed by atoms with Gasteiger partial charge in [0.15, 0.2) is 6.29 Å². The molecule has 0 amide bonds. The van der Waals surface area contributed by atoms with E-state index in [4.69, 9.17) is 18.9 Å². The molecule has 12 nitrogen and oxygen atoms in total. The van der Waals surface area contributed by atoms with Crippen molar-refractivity contribution in [3.05, 3.63) is 12.2 Å². The maximum absolute atomic E-state index is 12.9. The number of hydrogen-bond donors (Lipinski definition) is 4. The molecule has 6 atom stereocenters. The van der Waals surface area contributed by atoms with Crippen molar-refractivity contribution in [1.29, 1.82) is 0 Å². The number of carbonyl (C=O) groups excluding carboxylic acids is 1. The van der Waals surface area contributed by atoms with Gasteiger partial charge in [-0.2, -0.15) is 8.42 Å². The van der Waals surface area contributed by atoms with E-state index in [1.807, 2.05) is 0 Å². The van der Waals surface area contributed by atoms with E-state index in [9.17, 15) is 33.1 Å². The number of esters is 1. The Morgan fingerprint density at radius 1 is 0.552 bits per heavy atom. The summed E-state index contributed by atoms with van der Waals surface area (Å²) in [5.74, 6) is -0.397. The van der Waals surface area contributed by atoms with Crippen molar-refractivity contribution in [1.82, 2.24) is 0 Å². The van der Waals surface area contributed by atoms with Crippen LogP contribution in [0, 0.1) is 0 Å². The van der Waals surface area contributed by atoms with Gasteiger partial charge in [-0.15, -0.1) is 0 Å². The number of rotatable bonds is 50. The van der Waals surface area contributed by atoms with Crippen LogP contribution in [0.4, 0.5) is 0 Å². The average Bonchev–Trinajstić information content (AvgIpc) is 3.30. The molecule has 1 heterocycles. The molecule has 0 saturated carbocycles. The van der Waals surface area contributed by atoms with Crippen LogP contribution in [0.15, 0.2) is 12.2 Å². The fourth-order valence-electron chi connectivity index (χ4n) is 8.91. The quantitative estimate of drug-likeness (QED) is 0.0197. The zero-order chi connectivity index (χ0) is 48.9. The second-order valence-corrected chi connectivity index (χ2v) is 20.6. The van der Waals surface area contributed by atoms with Gasteiger partial charge in [0.05, 0.1) is 19.8 Å². The molecular weight excluding hydrogens is 873 g/mol. The Balaban J connectivity index is 2.29. The summed E-state index contributed by atoms with van der Waals surface area (Å²) in [6, 6.07) is 0. The minimum Gasteiger partial charge on any atom is -0.457 e. The van der Waals surface area contributed by atoms with Gasteiger partial charge in [-0.05, 0) is 38.5 Å². The molecule has 67 heavy (non-hydrogen) atoms. The fraction of sp³-hybridized carbons (Fsp3) is 0.944. The Labute approximate surface area is 410 Å². The lowest BCUT2D eigenvalue weighted by molar-refractivity contribution is -0.301. The maximum atomic E-state index is 12.9. The second kappa shape index (κ2) is 45.9. The molecule has 0 aromatic carbocycles. The van der Waals surface area contributed by atoms with E-state index in [1.165, 1.54) is 193 Å². The Morgan fingerprint density at radius 3 is 1.34 bits per heavy atom. The molecule has 4 N–H and O–H groups in total. The van der Waals surface area contributed by atoms with Gasteiger partial charge >= 0.3 is 16.4 Å². The lowest BCUT2D eigenvalue weighted by Crippen LogP contribution is -2.60. The summed E-state index contributed by atoms with van der Waals surface area (Å²) >= 11 is 0. The zero-order valence-electron chi connectivity index (χ0n) is 43.0. The summed E-state index contributed by atoms with van der Waals surface area (Å²) in [6.45, 7) is 4.04. The molecule has 0 aromatic rings. The van der Waals surface area contributed by atoms with Gasteiger partial charge < -0.3 is 34.3 Å². The van der Waals surface area contributed by atoms with E-state index >= 15 is 0 Å². The van der Waals surface area contributed by atoms with Crippen LogP contribution in [0.3, 0.4) is 0 Å². The first-order valence-corrected chi connectivity index (χ1v) is 29.3. The molecule has 6 unspecified atom stereocenters. The average molecular weight is 977 g/mol. The van der Waals surface area contributed by atoms with Gasteiger partial charge in [0.1, 0.15) is 30.5 Å². The number of hydrogen-bond acceptors (Lipinski definition) is 11. The summed E-state index contributed by atoms with van der Waals surface area (Å²) in [7, 11) is -5.06. The molecule has 1 saturated heterocycles. The summed E-state index contributed by atoms with van der Waals surface area (Å²) in [5.41, 5.74) is 0. The number of aliphatic hydroxyl groups is 3. The van der Waals surface area contributed by atoms with E-state index in [2.05, 4.69) is 30.2 Å². The SMILES string of the molecule is CCCCCCCC/C=C\CCCCCCCCCC(=O)OC(COCCCCCCCCCCCCCCCCCCCCCCCCC)COC1OC(CO)C(O)C(OS(=O)(=O)O)C1O. The predicted molar refractivity (Wildman–Crippen MR) is 271 cm³/mol. The summed E-state index contributed by atoms with van der Waals surface area (Å²) in [6.07, 6.45) is 43.9. The lowest BCUT2D eigenvalue weighted by Gasteiger charge is -2.41. The summed E-state index contributed by atoms with van der Waals surface area (Å²) in [5, 5.41) is 30.8. The Kier molecular flexibility index (Phi) is 43.8. The van der Waals surface area contributed by atoms with Crippen LogP contribution in [0.25, 0.3) is 0 Å². The fourth-order valence-corrected chi connectivity index (χ4v) is 9.41. The highest BCUT2D eigenvalue weighted by atomic mass is 32.3. The molecule has 0 radical (unpaired) electrons. The third-order valence-corrected chi connectivity index (χ3v) is 13.6. The van der Waals surface area contributed by atoms with Crippen LogP contribution in [0.1, 0.15) is 264 Å². The molecule has 0 aromatic heterocycles. The van der Waals surface area contributed by atoms with Crippen molar-refractivity contribution >= 4 is 16.4 Å². The topological polar surface area (TPSA) is 178 Å². The van der Waals surface area contributed by atoms with Crippen LogP contribution in [-0.4, -0.2) is 97.5 Å². The van der Waals surface area contributed by atoms with Gasteiger partial charge in [-0.1, -0.05) is 231 Å². The normalized spacial score (nSPS) is 19.4. The molecule has 398 valence electrons. The molecule has 13 heteroatoms. The van der Waals surface area contributed by atoms with Crippen molar-refractivity contribution < 1.29 is 56.2 Å². The molecule has 0 aliphatic carbocycles. The Morgan fingerprint density at radius 2 is 0.940 bits per heavy atom. The van der Waals surface area contributed by atoms with E-state index < -0.39 is 59.8 Å². The first kappa shape index (κ1) is 63.9. The van der Waals surface area contributed by atoms with Gasteiger partial charge in [-0.3, -0.25) is 9.35 Å². The number of allylic oxidation sites excluding steroid dienone is 2. The monoisotopic (exact) mass is 977 g/mol. The smallest absolute Gasteiger partial charge is 0.397 e.